The summed E-state index contributed by atoms with van der Waals surface area (Å²) in [6, 6.07) is 5.33. The summed E-state index contributed by atoms with van der Waals surface area (Å²) < 4.78 is 28.0. The molecule has 5 rings (SSSR count). The van der Waals surface area contributed by atoms with Gasteiger partial charge in [-0.15, -0.1) is 11.8 Å². The Labute approximate surface area is 200 Å². The second-order valence-electron chi connectivity index (χ2n) is 9.70. The van der Waals surface area contributed by atoms with Crippen molar-refractivity contribution in [2.75, 3.05) is 36.8 Å². The number of rotatable bonds is 4. The first-order valence-corrected chi connectivity index (χ1v) is 14.7. The first-order valence-electron chi connectivity index (χ1n) is 12.3. The van der Waals surface area contributed by atoms with Gasteiger partial charge in [0.1, 0.15) is 6.54 Å². The van der Waals surface area contributed by atoms with Crippen molar-refractivity contribution in [3.63, 3.8) is 0 Å². The summed E-state index contributed by atoms with van der Waals surface area (Å²) in [5.74, 6) is 0.704. The van der Waals surface area contributed by atoms with Gasteiger partial charge in [0.2, 0.25) is 21.8 Å². The highest BCUT2D eigenvalue weighted by molar-refractivity contribution is 8.00. The fourth-order valence-electron chi connectivity index (χ4n) is 5.93. The Bertz CT molecular complexity index is 1020. The van der Waals surface area contributed by atoms with E-state index < -0.39 is 10.0 Å². The van der Waals surface area contributed by atoms with Crippen molar-refractivity contribution >= 4 is 39.3 Å². The molecular formula is C24H33N3O4S2. The van der Waals surface area contributed by atoms with Gasteiger partial charge in [-0.3, -0.25) is 9.59 Å². The Morgan fingerprint density at radius 3 is 2.55 bits per heavy atom. The minimum atomic E-state index is -3.61. The minimum Gasteiger partial charge on any atom is -0.338 e. The number of piperidine rings is 2. The standard InChI is InChI=1S/C24H33N3O4S2/c28-23(26-14-6-8-18-7-2-3-9-20(18)26)16-27-21-15-19(10-11-22(21)32-17-24(27)29)33(30,31)25-12-4-1-5-13-25/h10-11,15,18,20H,1-9,12-14,16-17H2. The van der Waals surface area contributed by atoms with Crippen LogP contribution in [0.5, 0.6) is 0 Å². The molecule has 33 heavy (non-hydrogen) atoms. The molecule has 3 heterocycles. The van der Waals surface area contributed by atoms with E-state index in [4.69, 9.17) is 0 Å². The number of sulfonamides is 1. The number of fused-ring (bicyclic) bond motifs is 2. The van der Waals surface area contributed by atoms with Crippen LogP contribution in [0.2, 0.25) is 0 Å². The zero-order valence-electron chi connectivity index (χ0n) is 19.1. The van der Waals surface area contributed by atoms with Crippen LogP contribution in [0.1, 0.15) is 57.8 Å². The lowest BCUT2D eigenvalue weighted by atomic mass is 9.78. The van der Waals surface area contributed by atoms with Crippen LogP contribution < -0.4 is 4.90 Å². The fraction of sp³-hybridized carbons (Fsp3) is 0.667. The number of carbonyl (C=O) groups is 2. The van der Waals surface area contributed by atoms with Crippen LogP contribution in [-0.2, 0) is 19.6 Å². The van der Waals surface area contributed by atoms with E-state index in [2.05, 4.69) is 0 Å². The van der Waals surface area contributed by atoms with Crippen LogP contribution in [-0.4, -0.2) is 67.4 Å². The highest BCUT2D eigenvalue weighted by Crippen LogP contribution is 2.39. The van der Waals surface area contributed by atoms with Crippen LogP contribution in [0.15, 0.2) is 28.0 Å². The predicted molar refractivity (Wildman–Crippen MR) is 129 cm³/mol. The smallest absolute Gasteiger partial charge is 0.243 e. The monoisotopic (exact) mass is 491 g/mol. The van der Waals surface area contributed by atoms with E-state index in [1.54, 1.807) is 22.5 Å². The number of thioether (sulfide) groups is 1. The lowest BCUT2D eigenvalue weighted by molar-refractivity contribution is -0.137. The second kappa shape index (κ2) is 9.58. The number of hydrogen-bond acceptors (Lipinski definition) is 5. The molecule has 2 saturated heterocycles. The van der Waals surface area contributed by atoms with Crippen molar-refractivity contribution in [1.29, 1.82) is 0 Å². The summed E-state index contributed by atoms with van der Waals surface area (Å²) in [4.78, 5) is 30.9. The number of benzene rings is 1. The van der Waals surface area contributed by atoms with Crippen molar-refractivity contribution in [2.45, 2.75) is 73.6 Å². The second-order valence-corrected chi connectivity index (χ2v) is 12.7. The molecule has 3 fully saturated rings. The highest BCUT2D eigenvalue weighted by atomic mass is 32.2. The zero-order valence-corrected chi connectivity index (χ0v) is 20.7. The van der Waals surface area contributed by atoms with Gasteiger partial charge in [-0.2, -0.15) is 4.31 Å². The molecule has 3 aliphatic heterocycles. The van der Waals surface area contributed by atoms with Gasteiger partial charge in [0, 0.05) is 30.6 Å². The molecule has 0 N–H and O–H groups in total. The van der Waals surface area contributed by atoms with Crippen molar-refractivity contribution < 1.29 is 18.0 Å². The maximum absolute atomic E-state index is 13.4. The highest BCUT2D eigenvalue weighted by Gasteiger charge is 2.38. The van der Waals surface area contributed by atoms with Gasteiger partial charge >= 0.3 is 0 Å². The third kappa shape index (κ3) is 4.56. The molecule has 2 atom stereocenters. The normalized spacial score (nSPS) is 26.6. The molecule has 0 aromatic heterocycles. The van der Waals surface area contributed by atoms with Crippen LogP contribution in [0.4, 0.5) is 5.69 Å². The topological polar surface area (TPSA) is 78.0 Å². The summed E-state index contributed by atoms with van der Waals surface area (Å²) in [6.07, 6.45) is 9.64. The maximum atomic E-state index is 13.4. The average Bonchev–Trinajstić information content (AvgIpc) is 2.85. The molecule has 1 aliphatic carbocycles. The molecule has 1 aromatic rings. The van der Waals surface area contributed by atoms with E-state index >= 15 is 0 Å². The molecule has 180 valence electrons. The van der Waals surface area contributed by atoms with Crippen LogP contribution in [0.25, 0.3) is 0 Å². The first-order chi connectivity index (χ1) is 15.9. The van der Waals surface area contributed by atoms with Crippen molar-refractivity contribution in [1.82, 2.24) is 9.21 Å². The lowest BCUT2D eigenvalue weighted by Gasteiger charge is -2.44. The van der Waals surface area contributed by atoms with Crippen LogP contribution >= 0.6 is 11.8 Å². The summed E-state index contributed by atoms with van der Waals surface area (Å²) in [5.41, 5.74) is 0.555. The summed E-state index contributed by atoms with van der Waals surface area (Å²) in [5, 5.41) is 0. The van der Waals surface area contributed by atoms with E-state index in [0.29, 0.717) is 30.7 Å². The molecule has 0 spiro atoms. The first kappa shape index (κ1) is 23.2. The summed E-state index contributed by atoms with van der Waals surface area (Å²) in [7, 11) is -3.61. The largest absolute Gasteiger partial charge is 0.338 e. The third-order valence-corrected chi connectivity index (χ3v) is 10.6. The average molecular weight is 492 g/mol. The Morgan fingerprint density at radius 1 is 0.970 bits per heavy atom. The quantitative estimate of drug-likeness (QED) is 0.644. The lowest BCUT2D eigenvalue weighted by Crippen LogP contribution is -2.53. The number of likely N-dealkylation sites (tertiary alicyclic amines) is 1. The number of amides is 2. The number of nitrogens with zero attached hydrogens (tertiary/aromatic N) is 3. The van der Waals surface area contributed by atoms with Gasteiger partial charge in [-0.1, -0.05) is 19.3 Å². The van der Waals surface area contributed by atoms with Gasteiger partial charge in [-0.05, 0) is 62.6 Å². The van der Waals surface area contributed by atoms with Gasteiger partial charge in [0.15, 0.2) is 0 Å². The molecular weight excluding hydrogens is 458 g/mol. The molecule has 4 aliphatic rings. The van der Waals surface area contributed by atoms with Gasteiger partial charge in [0.25, 0.3) is 0 Å². The Kier molecular flexibility index (Phi) is 6.73. The van der Waals surface area contributed by atoms with Crippen molar-refractivity contribution in [3.05, 3.63) is 18.2 Å². The molecule has 7 nitrogen and oxygen atoms in total. The molecule has 2 amide bonds. The van der Waals surface area contributed by atoms with Crippen LogP contribution in [0, 0.1) is 5.92 Å². The molecule has 1 aromatic carbocycles. The van der Waals surface area contributed by atoms with E-state index in [1.165, 1.54) is 35.9 Å². The SMILES string of the molecule is O=C1CSc2ccc(S(=O)(=O)N3CCCCC3)cc2N1CC(=O)N1CCCC2CCCCC21. The molecule has 0 bridgehead atoms. The van der Waals surface area contributed by atoms with Crippen molar-refractivity contribution in [2.24, 2.45) is 5.92 Å². The summed E-state index contributed by atoms with van der Waals surface area (Å²) >= 11 is 1.41. The Balaban J connectivity index is 1.40. The van der Waals surface area contributed by atoms with Gasteiger partial charge in [0.05, 0.1) is 16.3 Å². The molecule has 0 radical (unpaired) electrons. The Morgan fingerprint density at radius 2 is 1.73 bits per heavy atom. The Hall–Kier alpha value is -1.58. The third-order valence-electron chi connectivity index (χ3n) is 7.68. The predicted octanol–water partition coefficient (Wildman–Crippen LogP) is 3.48. The number of hydrogen-bond donors (Lipinski definition) is 0. The van der Waals surface area contributed by atoms with Crippen LogP contribution in [0.3, 0.4) is 0 Å². The maximum Gasteiger partial charge on any atom is 0.243 e. The fourth-order valence-corrected chi connectivity index (χ4v) is 8.38. The van der Waals surface area contributed by atoms with E-state index in [0.717, 1.165) is 50.0 Å². The van der Waals surface area contributed by atoms with E-state index in [-0.39, 0.29) is 29.0 Å². The number of carbonyl (C=O) groups excluding carboxylic acids is 2. The van der Waals surface area contributed by atoms with Gasteiger partial charge in [-0.25, -0.2) is 8.42 Å². The molecule has 2 unspecified atom stereocenters. The van der Waals surface area contributed by atoms with E-state index in [9.17, 15) is 18.0 Å². The summed E-state index contributed by atoms with van der Waals surface area (Å²) in [6.45, 7) is 1.81. The van der Waals surface area contributed by atoms with Gasteiger partial charge < -0.3 is 9.80 Å². The van der Waals surface area contributed by atoms with Crippen molar-refractivity contribution in [3.8, 4) is 0 Å². The zero-order chi connectivity index (χ0) is 23.0. The molecule has 9 heteroatoms. The number of anilines is 1. The van der Waals surface area contributed by atoms with E-state index in [1.807, 2.05) is 4.90 Å². The molecule has 1 saturated carbocycles. The minimum absolute atomic E-state index is 0.0111.